The van der Waals surface area contributed by atoms with Gasteiger partial charge in [0, 0.05) is 13.1 Å². The fourth-order valence-electron chi connectivity index (χ4n) is 5.35. The van der Waals surface area contributed by atoms with Gasteiger partial charge in [-0.2, -0.15) is 0 Å². The predicted molar refractivity (Wildman–Crippen MR) is 137 cm³/mol. The molecule has 6 rings (SSSR count). The molecular weight excluding hydrogens is 460 g/mol. The molecule has 9 heteroatoms. The Morgan fingerprint density at radius 1 is 0.771 bits per heavy atom. The lowest BCUT2D eigenvalue weighted by atomic mass is 10.2. The van der Waals surface area contributed by atoms with Crippen LogP contribution < -0.4 is 0 Å². The number of nitrogens with zero attached hydrogens (tertiary/aromatic N) is 4. The summed E-state index contributed by atoms with van der Waals surface area (Å²) in [4.78, 5) is 46.1. The number of benzene rings is 2. The molecule has 2 amide bonds. The van der Waals surface area contributed by atoms with E-state index in [1.165, 1.54) is 11.8 Å². The molecule has 2 unspecified atom stereocenters. The Balaban J connectivity index is 1.06. The number of hydrogen-bond donors (Lipinski definition) is 2. The Hall–Kier alpha value is -3.33. The maximum Gasteiger partial charge on any atom is 0.233 e. The molecule has 2 fully saturated rings. The summed E-state index contributed by atoms with van der Waals surface area (Å²) in [5.74, 6) is 2.44. The summed E-state index contributed by atoms with van der Waals surface area (Å²) in [6.45, 7) is 1.46. The molecule has 2 aromatic carbocycles. The number of hydrogen-bond acceptors (Lipinski definition) is 5. The van der Waals surface area contributed by atoms with E-state index in [1.807, 2.05) is 58.3 Å². The van der Waals surface area contributed by atoms with Gasteiger partial charge in [-0.1, -0.05) is 24.3 Å². The van der Waals surface area contributed by atoms with Crippen molar-refractivity contribution in [2.75, 3.05) is 24.6 Å². The first-order valence-electron chi connectivity index (χ1n) is 12.2. The second-order valence-corrected chi connectivity index (χ2v) is 10.2. The van der Waals surface area contributed by atoms with Crippen molar-refractivity contribution in [1.82, 2.24) is 29.7 Å². The average Bonchev–Trinajstić information content (AvgIpc) is 3.66. The van der Waals surface area contributed by atoms with Crippen LogP contribution in [-0.2, 0) is 9.59 Å². The summed E-state index contributed by atoms with van der Waals surface area (Å²) in [6, 6.07) is 15.8. The van der Waals surface area contributed by atoms with Crippen LogP contribution in [0.15, 0.2) is 48.5 Å². The van der Waals surface area contributed by atoms with E-state index in [-0.39, 0.29) is 23.9 Å². The molecule has 0 bridgehead atoms. The Kier molecular flexibility index (Phi) is 5.93. The number of rotatable bonds is 6. The lowest BCUT2D eigenvalue weighted by molar-refractivity contribution is -0.129. The summed E-state index contributed by atoms with van der Waals surface area (Å²) in [5, 5.41) is 0. The number of amides is 2. The molecule has 180 valence electrons. The number of likely N-dealkylation sites (tertiary alicyclic amines) is 2. The predicted octanol–water partition coefficient (Wildman–Crippen LogP) is 4.20. The summed E-state index contributed by atoms with van der Waals surface area (Å²) in [6.07, 6.45) is 3.73. The number of carbonyl (C=O) groups excluding carboxylic acids is 2. The highest BCUT2D eigenvalue weighted by atomic mass is 32.2. The summed E-state index contributed by atoms with van der Waals surface area (Å²) < 4.78 is 0. The van der Waals surface area contributed by atoms with Gasteiger partial charge in [0.2, 0.25) is 11.8 Å². The van der Waals surface area contributed by atoms with Crippen molar-refractivity contribution in [1.29, 1.82) is 0 Å². The van der Waals surface area contributed by atoms with Crippen LogP contribution in [0.4, 0.5) is 0 Å². The van der Waals surface area contributed by atoms with Gasteiger partial charge in [-0.05, 0) is 49.9 Å². The molecule has 2 N–H and O–H groups in total. The second kappa shape index (κ2) is 9.37. The molecular formula is C26H28N6O2S. The van der Waals surface area contributed by atoms with Crippen LogP contribution in [0.3, 0.4) is 0 Å². The fourth-order valence-corrected chi connectivity index (χ4v) is 6.13. The minimum absolute atomic E-state index is 0.0257. The zero-order chi connectivity index (χ0) is 23.8. The summed E-state index contributed by atoms with van der Waals surface area (Å²) in [5.41, 5.74) is 3.83. The molecule has 2 saturated heterocycles. The van der Waals surface area contributed by atoms with E-state index in [1.54, 1.807) is 0 Å². The van der Waals surface area contributed by atoms with Gasteiger partial charge in [0.05, 0.1) is 45.7 Å². The Morgan fingerprint density at radius 2 is 1.23 bits per heavy atom. The first kappa shape index (κ1) is 22.2. The van der Waals surface area contributed by atoms with Gasteiger partial charge < -0.3 is 19.8 Å². The molecule has 8 nitrogen and oxygen atoms in total. The average molecular weight is 489 g/mol. The zero-order valence-electron chi connectivity index (χ0n) is 19.4. The van der Waals surface area contributed by atoms with E-state index >= 15 is 0 Å². The highest BCUT2D eigenvalue weighted by molar-refractivity contribution is 8.00. The molecule has 0 radical (unpaired) electrons. The number of nitrogens with one attached hydrogen (secondary N) is 2. The fraction of sp³-hybridized carbons (Fsp3) is 0.385. The first-order chi connectivity index (χ1) is 17.2. The van der Waals surface area contributed by atoms with Crippen LogP contribution in [0, 0.1) is 0 Å². The highest BCUT2D eigenvalue weighted by Gasteiger charge is 2.34. The monoisotopic (exact) mass is 488 g/mol. The lowest BCUT2D eigenvalue weighted by Gasteiger charge is -2.24. The van der Waals surface area contributed by atoms with Crippen LogP contribution in [0.5, 0.6) is 0 Å². The van der Waals surface area contributed by atoms with E-state index in [0.717, 1.165) is 72.5 Å². The van der Waals surface area contributed by atoms with Crippen molar-refractivity contribution < 1.29 is 9.59 Å². The van der Waals surface area contributed by atoms with Gasteiger partial charge in [-0.15, -0.1) is 11.8 Å². The van der Waals surface area contributed by atoms with Gasteiger partial charge in [-0.25, -0.2) is 9.97 Å². The molecule has 0 spiro atoms. The molecule has 2 aliphatic rings. The molecule has 2 aromatic heterocycles. The maximum absolute atomic E-state index is 13.1. The van der Waals surface area contributed by atoms with E-state index in [0.29, 0.717) is 11.5 Å². The van der Waals surface area contributed by atoms with E-state index in [2.05, 4.69) is 9.97 Å². The van der Waals surface area contributed by atoms with Gasteiger partial charge in [-0.3, -0.25) is 9.59 Å². The smallest absolute Gasteiger partial charge is 0.233 e. The number of imidazole rings is 2. The number of aromatic amines is 2. The van der Waals surface area contributed by atoms with Crippen molar-refractivity contribution in [3.05, 3.63) is 60.2 Å². The minimum Gasteiger partial charge on any atom is -0.340 e. The number of carbonyl (C=O) groups is 2. The summed E-state index contributed by atoms with van der Waals surface area (Å²) in [7, 11) is 0. The third kappa shape index (κ3) is 4.29. The van der Waals surface area contributed by atoms with Gasteiger partial charge in [0.15, 0.2) is 0 Å². The number of fused-ring (bicyclic) bond motifs is 2. The van der Waals surface area contributed by atoms with Crippen molar-refractivity contribution in [3.8, 4) is 0 Å². The number of thioether (sulfide) groups is 1. The Morgan fingerprint density at radius 3 is 1.69 bits per heavy atom. The zero-order valence-corrected chi connectivity index (χ0v) is 20.3. The van der Waals surface area contributed by atoms with E-state index in [4.69, 9.17) is 9.97 Å². The third-order valence-corrected chi connectivity index (χ3v) is 7.95. The largest absolute Gasteiger partial charge is 0.340 e. The molecule has 2 aliphatic heterocycles. The molecule has 0 aliphatic carbocycles. The van der Waals surface area contributed by atoms with Crippen LogP contribution >= 0.6 is 11.8 Å². The SMILES string of the molecule is O=C(CSCC(=O)N1CCCC1c1nc2ccccc2[nH]1)N1CCCC1c1nc2ccccc2[nH]1. The van der Waals surface area contributed by atoms with Crippen LogP contribution in [0.25, 0.3) is 22.1 Å². The number of para-hydroxylation sites is 4. The quantitative estimate of drug-likeness (QED) is 0.424. The van der Waals surface area contributed by atoms with Crippen molar-refractivity contribution in [3.63, 3.8) is 0 Å². The maximum atomic E-state index is 13.1. The minimum atomic E-state index is -0.0257. The number of H-pyrrole nitrogens is 2. The molecule has 2 atom stereocenters. The van der Waals surface area contributed by atoms with E-state index < -0.39 is 0 Å². The summed E-state index contributed by atoms with van der Waals surface area (Å²) >= 11 is 1.40. The topological polar surface area (TPSA) is 98.0 Å². The van der Waals surface area contributed by atoms with Gasteiger partial charge in [0.1, 0.15) is 11.6 Å². The highest BCUT2D eigenvalue weighted by Crippen LogP contribution is 2.33. The van der Waals surface area contributed by atoms with Gasteiger partial charge >= 0.3 is 0 Å². The van der Waals surface area contributed by atoms with Crippen molar-refractivity contribution >= 4 is 45.6 Å². The Labute approximate surface area is 207 Å². The number of aromatic nitrogens is 4. The lowest BCUT2D eigenvalue weighted by Crippen LogP contribution is -2.34. The first-order valence-corrected chi connectivity index (χ1v) is 13.4. The van der Waals surface area contributed by atoms with Crippen molar-refractivity contribution in [2.24, 2.45) is 0 Å². The van der Waals surface area contributed by atoms with Crippen LogP contribution in [0.2, 0.25) is 0 Å². The molecule has 4 heterocycles. The van der Waals surface area contributed by atoms with Crippen molar-refractivity contribution in [2.45, 2.75) is 37.8 Å². The third-order valence-electron chi connectivity index (χ3n) is 7.04. The second-order valence-electron chi connectivity index (χ2n) is 9.26. The molecule has 4 aromatic rings. The van der Waals surface area contributed by atoms with Crippen LogP contribution in [-0.4, -0.2) is 66.1 Å². The molecule has 35 heavy (non-hydrogen) atoms. The van der Waals surface area contributed by atoms with Crippen LogP contribution in [0.1, 0.15) is 49.4 Å². The molecule has 0 saturated carbocycles. The standard InChI is InChI=1S/C26H28N6O2S/c33-23(31-13-5-11-21(31)25-27-17-7-1-2-8-18(17)28-25)15-35-16-24(34)32-14-6-12-22(32)26-29-19-9-3-4-10-20(19)30-26/h1-4,7-10,21-22H,5-6,11-16H2,(H,27,28)(H,29,30). The van der Waals surface area contributed by atoms with Gasteiger partial charge in [0.25, 0.3) is 0 Å². The van der Waals surface area contributed by atoms with E-state index in [9.17, 15) is 9.59 Å². The Bertz CT molecular complexity index is 1210. The normalized spacial score (nSPS) is 20.3.